The van der Waals surface area contributed by atoms with Crippen LogP contribution in [0.15, 0.2) is 36.8 Å². The third-order valence-electron chi connectivity index (χ3n) is 4.59. The van der Waals surface area contributed by atoms with Crippen LogP contribution in [0.2, 0.25) is 5.02 Å². The normalized spacial score (nSPS) is 17.1. The largest absolute Gasteiger partial charge is 0.376 e. The fourth-order valence-corrected chi connectivity index (χ4v) is 3.54. The maximum Gasteiger partial charge on any atom is 0.239 e. The topological polar surface area (TPSA) is 98.8 Å². The van der Waals surface area contributed by atoms with E-state index >= 15 is 0 Å². The molecule has 1 aromatic carbocycles. The number of amides is 1. The summed E-state index contributed by atoms with van der Waals surface area (Å²) in [6.07, 6.45) is 5.20. The molecule has 0 bridgehead atoms. The Morgan fingerprint density at radius 1 is 1.37 bits per heavy atom. The molecular formula is C18H20ClN7O. The van der Waals surface area contributed by atoms with Gasteiger partial charge in [0.05, 0.1) is 18.1 Å². The fraction of sp³-hybridized carbons (Fsp3) is 0.333. The van der Waals surface area contributed by atoms with Crippen molar-refractivity contribution in [3.63, 3.8) is 0 Å². The maximum atomic E-state index is 12.3. The van der Waals surface area contributed by atoms with Crippen molar-refractivity contribution in [3.8, 4) is 0 Å². The van der Waals surface area contributed by atoms with E-state index in [0.717, 1.165) is 41.9 Å². The number of aromatic amines is 1. The number of carbonyl (C=O) groups is 1. The number of piperidine rings is 1. The minimum Gasteiger partial charge on any atom is -0.376 e. The molecule has 140 valence electrons. The molecule has 1 aliphatic heterocycles. The number of anilines is 2. The Morgan fingerprint density at radius 2 is 2.30 bits per heavy atom. The number of nitrogens with one attached hydrogen (secondary N) is 3. The molecule has 4 rings (SSSR count). The Kier molecular flexibility index (Phi) is 5.06. The lowest BCUT2D eigenvalue weighted by Gasteiger charge is -2.34. The van der Waals surface area contributed by atoms with Gasteiger partial charge in [-0.05, 0) is 31.0 Å². The minimum absolute atomic E-state index is 0.0435. The van der Waals surface area contributed by atoms with Crippen LogP contribution in [0.1, 0.15) is 12.8 Å². The molecule has 1 atom stereocenters. The molecule has 27 heavy (non-hydrogen) atoms. The predicted molar refractivity (Wildman–Crippen MR) is 105 cm³/mol. The molecule has 3 N–H and O–H groups in total. The zero-order valence-electron chi connectivity index (χ0n) is 14.7. The van der Waals surface area contributed by atoms with Gasteiger partial charge in [-0.3, -0.25) is 9.89 Å². The lowest BCUT2D eigenvalue weighted by molar-refractivity contribution is -0.120. The maximum absolute atomic E-state index is 12.3. The van der Waals surface area contributed by atoms with Crippen molar-refractivity contribution in [2.75, 3.05) is 29.9 Å². The van der Waals surface area contributed by atoms with E-state index in [4.69, 9.17) is 11.6 Å². The van der Waals surface area contributed by atoms with Crippen LogP contribution in [0.5, 0.6) is 0 Å². The number of halogens is 1. The zero-order valence-corrected chi connectivity index (χ0v) is 15.4. The number of carbonyl (C=O) groups excluding carboxylic acids is 1. The second-order valence-electron chi connectivity index (χ2n) is 6.55. The first kappa shape index (κ1) is 17.5. The average molecular weight is 386 g/mol. The number of aromatic nitrogens is 4. The highest BCUT2D eigenvalue weighted by Gasteiger charge is 2.24. The Hall–Kier alpha value is -2.87. The molecule has 1 fully saturated rings. The summed E-state index contributed by atoms with van der Waals surface area (Å²) in [6, 6.07) is 7.40. The van der Waals surface area contributed by atoms with Gasteiger partial charge in [-0.1, -0.05) is 17.7 Å². The van der Waals surface area contributed by atoms with Crippen LogP contribution in [-0.2, 0) is 4.79 Å². The summed E-state index contributed by atoms with van der Waals surface area (Å²) in [4.78, 5) is 23.1. The molecule has 1 amide bonds. The SMILES string of the molecule is O=C(CNc1cccc(Cl)c1)N[C@@H]1CCCN(c2ncnc3[nH]ncc23)C1. The van der Waals surface area contributed by atoms with Gasteiger partial charge in [0.25, 0.3) is 0 Å². The number of fused-ring (bicyclic) bond motifs is 1. The minimum atomic E-state index is -0.0435. The highest BCUT2D eigenvalue weighted by molar-refractivity contribution is 6.30. The van der Waals surface area contributed by atoms with Gasteiger partial charge in [0, 0.05) is 29.8 Å². The summed E-state index contributed by atoms with van der Waals surface area (Å²) in [5.41, 5.74) is 1.54. The van der Waals surface area contributed by atoms with E-state index in [1.54, 1.807) is 18.3 Å². The van der Waals surface area contributed by atoms with Gasteiger partial charge in [-0.25, -0.2) is 9.97 Å². The third kappa shape index (κ3) is 4.11. The highest BCUT2D eigenvalue weighted by Crippen LogP contribution is 2.24. The number of H-pyrrole nitrogens is 1. The molecule has 0 aliphatic carbocycles. The van der Waals surface area contributed by atoms with Gasteiger partial charge < -0.3 is 15.5 Å². The fourth-order valence-electron chi connectivity index (χ4n) is 3.35. The summed E-state index contributed by atoms with van der Waals surface area (Å²) in [7, 11) is 0. The van der Waals surface area contributed by atoms with Crippen molar-refractivity contribution in [2.45, 2.75) is 18.9 Å². The molecule has 1 saturated heterocycles. The van der Waals surface area contributed by atoms with E-state index in [2.05, 4.69) is 35.7 Å². The van der Waals surface area contributed by atoms with E-state index in [1.165, 1.54) is 6.33 Å². The first-order valence-electron chi connectivity index (χ1n) is 8.87. The molecule has 9 heteroatoms. The van der Waals surface area contributed by atoms with Crippen LogP contribution in [-0.4, -0.2) is 51.7 Å². The lowest BCUT2D eigenvalue weighted by Crippen LogP contribution is -2.49. The molecule has 8 nitrogen and oxygen atoms in total. The standard InChI is InChI=1S/C18H20ClN7O/c19-12-3-1-4-13(7-12)20-9-16(27)24-14-5-2-6-26(10-14)18-15-8-23-25-17(15)21-11-22-18/h1,3-4,7-8,11,14,20H,2,5-6,9-10H2,(H,24,27)(H,21,22,23,25)/t14-/m1/s1. The predicted octanol–water partition coefficient (Wildman–Crippen LogP) is 2.20. The van der Waals surface area contributed by atoms with Crippen molar-refractivity contribution in [2.24, 2.45) is 0 Å². The highest BCUT2D eigenvalue weighted by atomic mass is 35.5. The summed E-state index contributed by atoms with van der Waals surface area (Å²) in [5, 5.41) is 14.6. The molecule has 3 aromatic rings. The number of hydrogen-bond acceptors (Lipinski definition) is 6. The van der Waals surface area contributed by atoms with Gasteiger partial charge in [-0.2, -0.15) is 5.10 Å². The van der Waals surface area contributed by atoms with Crippen molar-refractivity contribution < 1.29 is 4.79 Å². The molecular weight excluding hydrogens is 366 g/mol. The van der Waals surface area contributed by atoms with Gasteiger partial charge >= 0.3 is 0 Å². The van der Waals surface area contributed by atoms with Crippen molar-refractivity contribution >= 4 is 40.0 Å². The molecule has 2 aromatic heterocycles. The number of rotatable bonds is 5. The summed E-state index contributed by atoms with van der Waals surface area (Å²) in [6.45, 7) is 1.81. The number of hydrogen-bond donors (Lipinski definition) is 3. The smallest absolute Gasteiger partial charge is 0.239 e. The molecule has 0 unspecified atom stereocenters. The third-order valence-corrected chi connectivity index (χ3v) is 4.83. The van der Waals surface area contributed by atoms with E-state index < -0.39 is 0 Å². The van der Waals surface area contributed by atoms with Gasteiger partial charge in [0.15, 0.2) is 5.65 Å². The molecule has 3 heterocycles. The van der Waals surface area contributed by atoms with E-state index in [0.29, 0.717) is 11.6 Å². The van der Waals surface area contributed by atoms with E-state index in [1.807, 2.05) is 12.1 Å². The van der Waals surface area contributed by atoms with E-state index in [9.17, 15) is 4.79 Å². The zero-order chi connectivity index (χ0) is 18.6. The van der Waals surface area contributed by atoms with Crippen LogP contribution in [0.3, 0.4) is 0 Å². The van der Waals surface area contributed by atoms with Crippen molar-refractivity contribution in [1.82, 2.24) is 25.5 Å². The second-order valence-corrected chi connectivity index (χ2v) is 6.98. The number of benzene rings is 1. The van der Waals surface area contributed by atoms with Crippen LogP contribution < -0.4 is 15.5 Å². The van der Waals surface area contributed by atoms with Crippen LogP contribution in [0.4, 0.5) is 11.5 Å². The average Bonchev–Trinajstić information content (AvgIpc) is 3.15. The Morgan fingerprint density at radius 3 is 3.19 bits per heavy atom. The first-order chi connectivity index (χ1) is 13.2. The van der Waals surface area contributed by atoms with Crippen LogP contribution >= 0.6 is 11.6 Å². The summed E-state index contributed by atoms with van der Waals surface area (Å²) in [5.74, 6) is 0.808. The quantitative estimate of drug-likeness (QED) is 0.622. The first-order valence-corrected chi connectivity index (χ1v) is 9.24. The lowest BCUT2D eigenvalue weighted by atomic mass is 10.1. The molecule has 0 radical (unpaired) electrons. The Bertz CT molecular complexity index is 944. The van der Waals surface area contributed by atoms with Gasteiger partial charge in [0.2, 0.25) is 5.91 Å². The van der Waals surface area contributed by atoms with Gasteiger partial charge in [-0.15, -0.1) is 0 Å². The van der Waals surface area contributed by atoms with Crippen molar-refractivity contribution in [3.05, 3.63) is 41.8 Å². The molecule has 0 spiro atoms. The molecule has 0 saturated carbocycles. The van der Waals surface area contributed by atoms with Crippen LogP contribution in [0.25, 0.3) is 11.0 Å². The second kappa shape index (κ2) is 7.79. The summed E-state index contributed by atoms with van der Waals surface area (Å²) >= 11 is 5.96. The Balaban J connectivity index is 1.35. The molecule has 1 aliphatic rings. The monoisotopic (exact) mass is 385 g/mol. The van der Waals surface area contributed by atoms with Gasteiger partial charge in [0.1, 0.15) is 12.1 Å². The Labute approximate surface area is 161 Å². The number of nitrogens with zero attached hydrogens (tertiary/aromatic N) is 4. The van der Waals surface area contributed by atoms with Crippen LogP contribution in [0, 0.1) is 0 Å². The van der Waals surface area contributed by atoms with E-state index in [-0.39, 0.29) is 18.5 Å². The summed E-state index contributed by atoms with van der Waals surface area (Å²) < 4.78 is 0. The van der Waals surface area contributed by atoms with Crippen molar-refractivity contribution in [1.29, 1.82) is 0 Å².